The van der Waals surface area contributed by atoms with Crippen molar-refractivity contribution in [1.82, 2.24) is 15.1 Å². The first-order chi connectivity index (χ1) is 15.0. The van der Waals surface area contributed by atoms with Crippen LogP contribution in [0.3, 0.4) is 0 Å². The van der Waals surface area contributed by atoms with E-state index in [1.54, 1.807) is 29.2 Å². The van der Waals surface area contributed by atoms with Gasteiger partial charge in [-0.05, 0) is 55.3 Å². The smallest absolute Gasteiger partial charge is 0.286 e. The van der Waals surface area contributed by atoms with Crippen LogP contribution in [0.4, 0.5) is 10.1 Å². The minimum atomic E-state index is -0.387. The van der Waals surface area contributed by atoms with Crippen molar-refractivity contribution in [2.45, 2.75) is 18.9 Å². The van der Waals surface area contributed by atoms with Crippen LogP contribution in [0.5, 0.6) is 5.75 Å². The summed E-state index contributed by atoms with van der Waals surface area (Å²) < 4.78 is 18.5. The lowest BCUT2D eigenvalue weighted by Gasteiger charge is -2.22. The molecule has 0 aliphatic carbocycles. The molecule has 2 aromatic carbocycles. The molecule has 1 aliphatic rings. The molecule has 1 aromatic heterocycles. The Balaban J connectivity index is 1.39. The summed E-state index contributed by atoms with van der Waals surface area (Å²) in [5, 5.41) is 12.2. The number of carbonyl (C=O) groups is 2. The Labute approximate surface area is 186 Å². The second-order valence-electron chi connectivity index (χ2n) is 6.90. The third-order valence-electron chi connectivity index (χ3n) is 4.75. The van der Waals surface area contributed by atoms with Gasteiger partial charge in [0.2, 0.25) is 5.01 Å². The van der Waals surface area contributed by atoms with E-state index < -0.39 is 0 Å². The Kier molecular flexibility index (Phi) is 6.43. The van der Waals surface area contributed by atoms with E-state index in [1.165, 1.54) is 24.3 Å². The highest BCUT2D eigenvalue weighted by atomic mass is 35.5. The van der Waals surface area contributed by atoms with Crippen molar-refractivity contribution in [1.29, 1.82) is 0 Å². The highest BCUT2D eigenvalue weighted by molar-refractivity contribution is 7.13. The van der Waals surface area contributed by atoms with Crippen molar-refractivity contribution >= 4 is 40.4 Å². The third kappa shape index (κ3) is 5.18. The molecule has 0 bridgehead atoms. The van der Waals surface area contributed by atoms with Gasteiger partial charge in [-0.2, -0.15) is 0 Å². The Morgan fingerprint density at radius 3 is 2.81 bits per heavy atom. The average molecular weight is 461 g/mol. The number of likely N-dealkylation sites (tertiary alicyclic amines) is 1. The number of benzene rings is 2. The average Bonchev–Trinajstić information content (AvgIpc) is 3.43. The lowest BCUT2D eigenvalue weighted by molar-refractivity contribution is -0.134. The topological polar surface area (TPSA) is 84.4 Å². The fraction of sp³-hybridized carbons (Fsp3) is 0.238. The van der Waals surface area contributed by atoms with Gasteiger partial charge in [0.15, 0.2) is 6.61 Å². The zero-order valence-electron chi connectivity index (χ0n) is 16.3. The molecule has 10 heteroatoms. The van der Waals surface area contributed by atoms with Crippen LogP contribution < -0.4 is 10.1 Å². The quantitative estimate of drug-likeness (QED) is 0.592. The molecule has 4 rings (SSSR count). The number of nitrogens with one attached hydrogen (secondary N) is 1. The SMILES string of the molecule is O=C(Nc1cccc(Cl)c1)c1nnc([C@H]2CCCN2C(=O)COc2ccc(F)cc2)s1. The molecule has 0 spiro atoms. The van der Waals surface area contributed by atoms with Gasteiger partial charge < -0.3 is 15.0 Å². The molecular formula is C21H18ClFN4O3S. The van der Waals surface area contributed by atoms with Crippen molar-refractivity contribution in [3.05, 3.63) is 69.4 Å². The van der Waals surface area contributed by atoms with E-state index in [1.807, 2.05) is 0 Å². The number of ether oxygens (including phenoxy) is 1. The minimum Gasteiger partial charge on any atom is -0.484 e. The Bertz CT molecular complexity index is 1090. The molecule has 1 N–H and O–H groups in total. The molecule has 1 atom stereocenters. The Morgan fingerprint density at radius 2 is 2.03 bits per heavy atom. The number of carbonyl (C=O) groups excluding carboxylic acids is 2. The van der Waals surface area contributed by atoms with Crippen LogP contribution in [0.25, 0.3) is 0 Å². The summed E-state index contributed by atoms with van der Waals surface area (Å²) in [6.45, 7) is 0.406. The standard InChI is InChI=1S/C21H18ClFN4O3S/c22-13-3-1-4-15(11-13)24-19(29)21-26-25-20(31-21)17-5-2-10-27(17)18(28)12-30-16-8-6-14(23)7-9-16/h1,3-4,6-9,11,17H,2,5,10,12H2,(H,24,29)/t17-/m1/s1. The highest BCUT2D eigenvalue weighted by Gasteiger charge is 2.33. The monoisotopic (exact) mass is 460 g/mol. The van der Waals surface area contributed by atoms with Gasteiger partial charge in [0.05, 0.1) is 6.04 Å². The number of anilines is 1. The van der Waals surface area contributed by atoms with Crippen molar-refractivity contribution in [3.63, 3.8) is 0 Å². The Hall–Kier alpha value is -3.04. The summed E-state index contributed by atoms with van der Waals surface area (Å²) in [5.74, 6) is -0.542. The second kappa shape index (κ2) is 9.40. The molecule has 3 aromatic rings. The van der Waals surface area contributed by atoms with Gasteiger partial charge in [0.25, 0.3) is 11.8 Å². The minimum absolute atomic E-state index is 0.164. The molecular weight excluding hydrogens is 443 g/mol. The third-order valence-corrected chi connectivity index (χ3v) is 6.01. The van der Waals surface area contributed by atoms with Crippen molar-refractivity contribution in [2.75, 3.05) is 18.5 Å². The van der Waals surface area contributed by atoms with Crippen LogP contribution in [-0.2, 0) is 4.79 Å². The van der Waals surface area contributed by atoms with Crippen molar-refractivity contribution in [2.24, 2.45) is 0 Å². The number of aromatic nitrogens is 2. The number of halogens is 2. The number of amides is 2. The van der Waals surface area contributed by atoms with Crippen LogP contribution >= 0.6 is 22.9 Å². The van der Waals surface area contributed by atoms with Crippen LogP contribution in [0, 0.1) is 5.82 Å². The van der Waals surface area contributed by atoms with Crippen LogP contribution in [0.2, 0.25) is 5.02 Å². The first-order valence-electron chi connectivity index (χ1n) is 9.58. The summed E-state index contributed by atoms with van der Waals surface area (Å²) in [6, 6.07) is 12.1. The van der Waals surface area contributed by atoms with Gasteiger partial charge >= 0.3 is 0 Å². The first-order valence-corrected chi connectivity index (χ1v) is 10.8. The first kappa shape index (κ1) is 21.2. The summed E-state index contributed by atoms with van der Waals surface area (Å²) in [7, 11) is 0. The zero-order chi connectivity index (χ0) is 21.8. The zero-order valence-corrected chi connectivity index (χ0v) is 17.8. The van der Waals surface area contributed by atoms with E-state index >= 15 is 0 Å². The highest BCUT2D eigenvalue weighted by Crippen LogP contribution is 2.34. The number of nitrogens with zero attached hydrogens (tertiary/aromatic N) is 3. The molecule has 31 heavy (non-hydrogen) atoms. The summed E-state index contributed by atoms with van der Waals surface area (Å²) in [6.07, 6.45) is 1.55. The van der Waals surface area contributed by atoms with Crippen LogP contribution in [-0.4, -0.2) is 40.1 Å². The maximum Gasteiger partial charge on any atom is 0.286 e. The largest absolute Gasteiger partial charge is 0.484 e. The molecule has 1 aliphatic heterocycles. The molecule has 2 heterocycles. The molecule has 160 valence electrons. The van der Waals surface area contributed by atoms with E-state index in [9.17, 15) is 14.0 Å². The molecule has 2 amide bonds. The van der Waals surface area contributed by atoms with E-state index in [0.717, 1.165) is 24.2 Å². The normalized spacial score (nSPS) is 15.7. The van der Waals surface area contributed by atoms with Crippen LogP contribution in [0.1, 0.15) is 33.7 Å². The summed E-state index contributed by atoms with van der Waals surface area (Å²) in [4.78, 5) is 26.8. The van der Waals surface area contributed by atoms with Gasteiger partial charge in [0, 0.05) is 17.3 Å². The summed E-state index contributed by atoms with van der Waals surface area (Å²) >= 11 is 7.10. The molecule has 1 fully saturated rings. The molecule has 0 radical (unpaired) electrons. The molecule has 7 nitrogen and oxygen atoms in total. The number of rotatable bonds is 6. The van der Waals surface area contributed by atoms with Gasteiger partial charge in [-0.15, -0.1) is 10.2 Å². The van der Waals surface area contributed by atoms with Crippen LogP contribution in [0.15, 0.2) is 48.5 Å². The Morgan fingerprint density at radius 1 is 1.23 bits per heavy atom. The fourth-order valence-electron chi connectivity index (χ4n) is 3.29. The van der Waals surface area contributed by atoms with E-state index in [2.05, 4.69) is 15.5 Å². The maximum atomic E-state index is 13.0. The second-order valence-corrected chi connectivity index (χ2v) is 8.34. The van der Waals surface area contributed by atoms with Gasteiger partial charge in [0.1, 0.15) is 16.6 Å². The van der Waals surface area contributed by atoms with Gasteiger partial charge in [-0.25, -0.2) is 4.39 Å². The molecule has 1 saturated heterocycles. The van der Waals surface area contributed by atoms with Gasteiger partial charge in [-0.3, -0.25) is 9.59 Å². The number of hydrogen-bond acceptors (Lipinski definition) is 6. The van der Waals surface area contributed by atoms with Gasteiger partial charge in [-0.1, -0.05) is 29.0 Å². The lowest BCUT2D eigenvalue weighted by Crippen LogP contribution is -2.34. The molecule has 0 unspecified atom stereocenters. The fourth-order valence-corrected chi connectivity index (χ4v) is 4.37. The maximum absolute atomic E-state index is 13.0. The van der Waals surface area contributed by atoms with Crippen molar-refractivity contribution in [3.8, 4) is 5.75 Å². The molecule has 0 saturated carbocycles. The summed E-state index contributed by atoms with van der Waals surface area (Å²) in [5.41, 5.74) is 0.560. The van der Waals surface area contributed by atoms with E-state index in [4.69, 9.17) is 16.3 Å². The predicted molar refractivity (Wildman–Crippen MR) is 115 cm³/mol. The number of hydrogen-bond donors (Lipinski definition) is 1. The van der Waals surface area contributed by atoms with Crippen molar-refractivity contribution < 1.29 is 18.7 Å². The van der Waals surface area contributed by atoms with E-state index in [0.29, 0.717) is 28.0 Å². The lowest BCUT2D eigenvalue weighted by atomic mass is 10.2. The predicted octanol–water partition coefficient (Wildman–Crippen LogP) is 4.33. The van der Waals surface area contributed by atoms with E-state index in [-0.39, 0.29) is 35.3 Å².